The zero-order valence-electron chi connectivity index (χ0n) is 22.3. The number of methoxy groups -OCH3 is 1. The van der Waals surface area contributed by atoms with E-state index in [0.29, 0.717) is 41.9 Å². The fraction of sp³-hybridized carbons (Fsp3) is 0.323. The Balaban J connectivity index is 1.88. The minimum absolute atomic E-state index is 0.0964. The Morgan fingerprint density at radius 3 is 2.46 bits per heavy atom. The number of aryl methyl sites for hydroxylation is 3. The Kier molecular flexibility index (Phi) is 8.19. The maximum atomic E-state index is 13.9. The summed E-state index contributed by atoms with van der Waals surface area (Å²) < 4.78 is 6.96. The van der Waals surface area contributed by atoms with E-state index >= 15 is 0 Å². The fourth-order valence-electron chi connectivity index (χ4n) is 4.76. The van der Waals surface area contributed by atoms with Crippen LogP contribution < -0.4 is 5.56 Å². The summed E-state index contributed by atoms with van der Waals surface area (Å²) in [4.78, 5) is 34.5. The van der Waals surface area contributed by atoms with Gasteiger partial charge in [0.2, 0.25) is 0 Å². The highest BCUT2D eigenvalue weighted by Crippen LogP contribution is 2.26. The third kappa shape index (κ3) is 5.49. The molecule has 1 atom stereocenters. The van der Waals surface area contributed by atoms with Gasteiger partial charge in [-0.15, -0.1) is 0 Å². The van der Waals surface area contributed by atoms with Crippen molar-refractivity contribution in [2.75, 3.05) is 20.3 Å². The molecule has 0 aliphatic carbocycles. The number of rotatable bonds is 9. The molecule has 0 spiro atoms. The van der Waals surface area contributed by atoms with Gasteiger partial charge >= 0.3 is 0 Å². The van der Waals surface area contributed by atoms with Gasteiger partial charge in [-0.2, -0.15) is 0 Å². The molecule has 4 aromatic rings. The highest BCUT2D eigenvalue weighted by atomic mass is 16.5. The summed E-state index contributed by atoms with van der Waals surface area (Å²) in [6.07, 6.45) is 1.58. The number of aromatic nitrogens is 2. The standard InChI is InChI=1S/C31H35N3O3/c1-6-24-13-15-25(16-14-24)30(35)33(18-9-19-37-5)23(4)29-32-27-11-8-7-10-26(27)31(36)34(29)28-17-12-21(2)20-22(28)3/h7-8,10-17,20,23H,6,9,18-19H2,1-5H3. The first kappa shape index (κ1) is 26.3. The molecule has 0 bridgehead atoms. The van der Waals surface area contributed by atoms with Gasteiger partial charge in [-0.3, -0.25) is 14.2 Å². The van der Waals surface area contributed by atoms with Gasteiger partial charge in [0.25, 0.3) is 11.5 Å². The van der Waals surface area contributed by atoms with E-state index in [0.717, 1.165) is 23.2 Å². The van der Waals surface area contributed by atoms with Crippen LogP contribution in [0.4, 0.5) is 0 Å². The number of nitrogens with zero attached hydrogens (tertiary/aromatic N) is 3. The zero-order valence-corrected chi connectivity index (χ0v) is 22.3. The van der Waals surface area contributed by atoms with Crippen molar-refractivity contribution < 1.29 is 9.53 Å². The number of para-hydroxylation sites is 1. The van der Waals surface area contributed by atoms with Gasteiger partial charge in [0.05, 0.1) is 22.6 Å². The van der Waals surface area contributed by atoms with Gasteiger partial charge in [0, 0.05) is 25.8 Å². The summed E-state index contributed by atoms with van der Waals surface area (Å²) in [7, 11) is 1.65. The number of carbonyl (C=O) groups is 1. The predicted molar refractivity (Wildman–Crippen MR) is 149 cm³/mol. The number of amides is 1. The second kappa shape index (κ2) is 11.5. The molecule has 37 heavy (non-hydrogen) atoms. The van der Waals surface area contributed by atoms with Crippen LogP contribution in [0.5, 0.6) is 0 Å². The van der Waals surface area contributed by atoms with Crippen LogP contribution in [0.15, 0.2) is 71.5 Å². The summed E-state index contributed by atoms with van der Waals surface area (Å²) in [5.74, 6) is 0.437. The SMILES string of the molecule is CCc1ccc(C(=O)N(CCCOC)C(C)c2nc3ccccc3c(=O)n2-c2ccc(C)cc2C)cc1. The van der Waals surface area contributed by atoms with Crippen LogP contribution >= 0.6 is 0 Å². The van der Waals surface area contributed by atoms with Crippen molar-refractivity contribution in [1.82, 2.24) is 14.5 Å². The van der Waals surface area contributed by atoms with E-state index in [2.05, 4.69) is 13.0 Å². The molecule has 0 N–H and O–H groups in total. The van der Waals surface area contributed by atoms with E-state index in [1.807, 2.05) is 75.4 Å². The van der Waals surface area contributed by atoms with Crippen molar-refractivity contribution in [3.05, 3.63) is 105 Å². The number of ether oxygens (including phenoxy) is 1. The van der Waals surface area contributed by atoms with E-state index in [4.69, 9.17) is 9.72 Å². The summed E-state index contributed by atoms with van der Waals surface area (Å²) in [5, 5.41) is 0.547. The van der Waals surface area contributed by atoms with Gasteiger partial charge < -0.3 is 9.64 Å². The van der Waals surface area contributed by atoms with Crippen molar-refractivity contribution in [1.29, 1.82) is 0 Å². The normalized spacial score (nSPS) is 12.0. The van der Waals surface area contributed by atoms with Gasteiger partial charge in [0.1, 0.15) is 5.82 Å². The average molecular weight is 498 g/mol. The first-order valence-electron chi connectivity index (χ1n) is 12.8. The largest absolute Gasteiger partial charge is 0.385 e. The number of carbonyl (C=O) groups excluding carboxylic acids is 1. The Labute approximate surface area is 218 Å². The molecule has 192 valence electrons. The Morgan fingerprint density at radius 1 is 1.05 bits per heavy atom. The predicted octanol–water partition coefficient (Wildman–Crippen LogP) is 5.80. The van der Waals surface area contributed by atoms with Crippen molar-refractivity contribution >= 4 is 16.8 Å². The van der Waals surface area contributed by atoms with E-state index in [9.17, 15) is 9.59 Å². The highest BCUT2D eigenvalue weighted by molar-refractivity contribution is 5.94. The highest BCUT2D eigenvalue weighted by Gasteiger charge is 2.28. The van der Waals surface area contributed by atoms with Crippen LogP contribution in [0.3, 0.4) is 0 Å². The monoisotopic (exact) mass is 497 g/mol. The molecule has 0 radical (unpaired) electrons. The van der Waals surface area contributed by atoms with Crippen molar-refractivity contribution in [2.24, 2.45) is 0 Å². The maximum Gasteiger partial charge on any atom is 0.266 e. The number of fused-ring (bicyclic) bond motifs is 1. The number of benzene rings is 3. The third-order valence-electron chi connectivity index (χ3n) is 6.85. The van der Waals surface area contributed by atoms with E-state index in [1.165, 1.54) is 5.56 Å². The molecule has 0 saturated carbocycles. The molecule has 0 fully saturated rings. The molecule has 0 aliphatic heterocycles. The maximum absolute atomic E-state index is 13.9. The average Bonchev–Trinajstić information content (AvgIpc) is 2.91. The quantitative estimate of drug-likeness (QED) is 0.274. The van der Waals surface area contributed by atoms with E-state index in [-0.39, 0.29) is 11.5 Å². The van der Waals surface area contributed by atoms with Gasteiger partial charge in [-0.05, 0) is 75.1 Å². The van der Waals surface area contributed by atoms with Gasteiger partial charge in [-0.1, -0.05) is 48.9 Å². The topological polar surface area (TPSA) is 64.4 Å². The summed E-state index contributed by atoms with van der Waals surface area (Å²) >= 11 is 0. The lowest BCUT2D eigenvalue weighted by atomic mass is 10.1. The summed E-state index contributed by atoms with van der Waals surface area (Å²) in [5.41, 5.74) is 5.12. The Bertz CT molecular complexity index is 1460. The fourth-order valence-corrected chi connectivity index (χ4v) is 4.76. The molecular formula is C31H35N3O3. The van der Waals surface area contributed by atoms with Crippen LogP contribution in [0.1, 0.15) is 59.2 Å². The smallest absolute Gasteiger partial charge is 0.266 e. The van der Waals surface area contributed by atoms with Crippen molar-refractivity contribution in [3.63, 3.8) is 0 Å². The van der Waals surface area contributed by atoms with Gasteiger partial charge in [-0.25, -0.2) is 4.98 Å². The second-order valence-corrected chi connectivity index (χ2v) is 9.49. The molecule has 6 nitrogen and oxygen atoms in total. The minimum Gasteiger partial charge on any atom is -0.385 e. The molecule has 0 aliphatic rings. The lowest BCUT2D eigenvalue weighted by Crippen LogP contribution is -2.38. The van der Waals surface area contributed by atoms with Gasteiger partial charge in [0.15, 0.2) is 0 Å². The molecule has 1 amide bonds. The zero-order chi connectivity index (χ0) is 26.5. The first-order valence-corrected chi connectivity index (χ1v) is 12.8. The Hall–Kier alpha value is -3.77. The molecule has 3 aromatic carbocycles. The molecule has 0 saturated heterocycles. The van der Waals surface area contributed by atoms with Crippen LogP contribution in [-0.4, -0.2) is 40.6 Å². The lowest BCUT2D eigenvalue weighted by Gasteiger charge is -2.31. The minimum atomic E-state index is -0.465. The van der Waals surface area contributed by atoms with E-state index in [1.54, 1.807) is 22.6 Å². The van der Waals surface area contributed by atoms with Crippen LogP contribution in [-0.2, 0) is 11.2 Å². The van der Waals surface area contributed by atoms with Crippen molar-refractivity contribution in [2.45, 2.75) is 46.6 Å². The lowest BCUT2D eigenvalue weighted by molar-refractivity contribution is 0.0657. The first-order chi connectivity index (χ1) is 17.8. The van der Waals surface area contributed by atoms with Crippen LogP contribution in [0.2, 0.25) is 0 Å². The van der Waals surface area contributed by atoms with Crippen molar-refractivity contribution in [3.8, 4) is 5.69 Å². The molecule has 1 aromatic heterocycles. The molecule has 4 rings (SSSR count). The molecule has 1 unspecified atom stereocenters. The Morgan fingerprint density at radius 2 is 1.78 bits per heavy atom. The molecule has 6 heteroatoms. The van der Waals surface area contributed by atoms with Crippen LogP contribution in [0, 0.1) is 13.8 Å². The van der Waals surface area contributed by atoms with E-state index < -0.39 is 6.04 Å². The number of hydrogen-bond acceptors (Lipinski definition) is 4. The summed E-state index contributed by atoms with van der Waals surface area (Å²) in [6.45, 7) is 9.06. The summed E-state index contributed by atoms with van der Waals surface area (Å²) in [6, 6.07) is 20.7. The third-order valence-corrected chi connectivity index (χ3v) is 6.85. The number of hydrogen-bond donors (Lipinski definition) is 0. The van der Waals surface area contributed by atoms with Crippen LogP contribution in [0.25, 0.3) is 16.6 Å². The second-order valence-electron chi connectivity index (χ2n) is 9.49. The molecular weight excluding hydrogens is 462 g/mol. The molecule has 1 heterocycles.